The molecule has 3 nitrogen and oxygen atoms in total. The van der Waals surface area contributed by atoms with Gasteiger partial charge in [0.05, 0.1) is 6.04 Å². The summed E-state index contributed by atoms with van der Waals surface area (Å²) in [6, 6.07) is 0.168. The van der Waals surface area contributed by atoms with Crippen molar-refractivity contribution in [2.24, 2.45) is 4.99 Å². The highest BCUT2D eigenvalue weighted by molar-refractivity contribution is 5.97. The van der Waals surface area contributed by atoms with Gasteiger partial charge in [-0.15, -0.1) is 0 Å². The number of aliphatic imine (C=N–C) groups is 1. The van der Waals surface area contributed by atoms with Crippen LogP contribution in [0.4, 0.5) is 0 Å². The van der Waals surface area contributed by atoms with Crippen LogP contribution in [0.1, 0.15) is 13.8 Å². The van der Waals surface area contributed by atoms with E-state index < -0.39 is 0 Å². The molecule has 0 amide bonds. The van der Waals surface area contributed by atoms with E-state index in [1.165, 1.54) is 0 Å². The molecule has 0 radical (unpaired) electrons. The third-order valence-electron chi connectivity index (χ3n) is 1.34. The maximum atomic E-state index is 7.41. The van der Waals surface area contributed by atoms with Crippen LogP contribution in [-0.4, -0.2) is 18.1 Å². The van der Waals surface area contributed by atoms with E-state index in [1.807, 2.05) is 13.8 Å². The maximum Gasteiger partial charge on any atom is 0.123 e. The topological polar surface area (TPSA) is 48.2 Å². The third kappa shape index (κ3) is 1.43. The minimum absolute atomic E-state index is 0.168. The molecular weight excluding hydrogens is 126 g/mol. The van der Waals surface area contributed by atoms with Crippen molar-refractivity contribution in [3.8, 4) is 0 Å². The molecule has 10 heavy (non-hydrogen) atoms. The van der Waals surface area contributed by atoms with E-state index in [0.29, 0.717) is 5.84 Å². The number of rotatable bonds is 0. The fourth-order valence-corrected chi connectivity index (χ4v) is 0.727. The van der Waals surface area contributed by atoms with Gasteiger partial charge in [-0.2, -0.15) is 0 Å². The lowest BCUT2D eigenvalue weighted by molar-refractivity contribution is 0.858. The molecule has 2 N–H and O–H groups in total. The predicted octanol–water partition coefficient (Wildman–Crippen LogP) is 0.930. The van der Waals surface area contributed by atoms with Crippen molar-refractivity contribution in [1.29, 1.82) is 5.41 Å². The Morgan fingerprint density at radius 1 is 1.70 bits per heavy atom. The van der Waals surface area contributed by atoms with E-state index in [4.69, 9.17) is 5.41 Å². The number of amidine groups is 1. The first-order chi connectivity index (χ1) is 4.70. The molecular formula is C7H11N3. The lowest BCUT2D eigenvalue weighted by Gasteiger charge is -2.07. The second kappa shape index (κ2) is 2.64. The van der Waals surface area contributed by atoms with Crippen molar-refractivity contribution in [3.05, 3.63) is 11.8 Å². The summed E-state index contributed by atoms with van der Waals surface area (Å²) in [5, 5.41) is 10.4. The van der Waals surface area contributed by atoms with Crippen LogP contribution in [0.2, 0.25) is 0 Å². The quantitative estimate of drug-likeness (QED) is 0.512. The molecule has 0 saturated heterocycles. The van der Waals surface area contributed by atoms with Gasteiger partial charge in [-0.25, -0.2) is 0 Å². The van der Waals surface area contributed by atoms with Gasteiger partial charge in [0.2, 0.25) is 0 Å². The molecule has 1 aliphatic rings. The maximum absolute atomic E-state index is 7.41. The summed E-state index contributed by atoms with van der Waals surface area (Å²) in [4.78, 5) is 3.99. The Balaban J connectivity index is 2.77. The highest BCUT2D eigenvalue weighted by atomic mass is 15.0. The van der Waals surface area contributed by atoms with Crippen molar-refractivity contribution < 1.29 is 0 Å². The monoisotopic (exact) mass is 137 g/mol. The van der Waals surface area contributed by atoms with Gasteiger partial charge in [-0.3, -0.25) is 10.4 Å². The van der Waals surface area contributed by atoms with Crippen LogP contribution >= 0.6 is 0 Å². The van der Waals surface area contributed by atoms with Crippen LogP contribution < -0.4 is 5.32 Å². The molecule has 54 valence electrons. The van der Waals surface area contributed by atoms with E-state index in [9.17, 15) is 0 Å². The first-order valence-electron chi connectivity index (χ1n) is 3.25. The number of hydrogen-bond acceptors (Lipinski definition) is 2. The van der Waals surface area contributed by atoms with Gasteiger partial charge in [-0.05, 0) is 13.8 Å². The van der Waals surface area contributed by atoms with Crippen LogP contribution in [0, 0.1) is 5.41 Å². The van der Waals surface area contributed by atoms with Crippen molar-refractivity contribution >= 4 is 12.1 Å². The molecule has 1 heterocycles. The molecule has 0 bridgehead atoms. The average Bonchev–Trinajstić information content (AvgIpc) is 1.96. The summed E-state index contributed by atoms with van der Waals surface area (Å²) in [6.07, 6.45) is 3.48. The minimum Gasteiger partial charge on any atom is -0.363 e. The van der Waals surface area contributed by atoms with Crippen LogP contribution in [0.25, 0.3) is 0 Å². The smallest absolute Gasteiger partial charge is 0.123 e. The van der Waals surface area contributed by atoms with Crippen molar-refractivity contribution in [2.45, 2.75) is 19.9 Å². The van der Waals surface area contributed by atoms with Gasteiger partial charge in [0.1, 0.15) is 5.84 Å². The Morgan fingerprint density at radius 3 is 3.10 bits per heavy atom. The SMILES string of the molecule is CC1=CN=CC(C)NC1=N. The number of nitrogens with zero attached hydrogens (tertiary/aromatic N) is 1. The Kier molecular flexibility index (Phi) is 1.85. The molecule has 0 aromatic heterocycles. The highest BCUT2D eigenvalue weighted by Crippen LogP contribution is 1.97. The molecule has 0 aliphatic carbocycles. The molecule has 1 aliphatic heterocycles. The Labute approximate surface area is 60.4 Å². The van der Waals surface area contributed by atoms with Crippen molar-refractivity contribution in [1.82, 2.24) is 5.32 Å². The zero-order chi connectivity index (χ0) is 7.56. The van der Waals surface area contributed by atoms with E-state index in [2.05, 4.69) is 10.3 Å². The van der Waals surface area contributed by atoms with Gasteiger partial charge >= 0.3 is 0 Å². The van der Waals surface area contributed by atoms with Gasteiger partial charge in [0.15, 0.2) is 0 Å². The normalized spacial score (nSPS) is 25.2. The van der Waals surface area contributed by atoms with Gasteiger partial charge < -0.3 is 5.32 Å². The lowest BCUT2D eigenvalue weighted by Crippen LogP contribution is -2.32. The third-order valence-corrected chi connectivity index (χ3v) is 1.34. The first-order valence-corrected chi connectivity index (χ1v) is 3.25. The molecule has 1 atom stereocenters. The predicted molar refractivity (Wildman–Crippen MR) is 42.6 cm³/mol. The Hall–Kier alpha value is -1.12. The van der Waals surface area contributed by atoms with Crippen LogP contribution in [0.15, 0.2) is 16.8 Å². The average molecular weight is 137 g/mol. The fourth-order valence-electron chi connectivity index (χ4n) is 0.727. The van der Waals surface area contributed by atoms with E-state index in [-0.39, 0.29) is 6.04 Å². The van der Waals surface area contributed by atoms with E-state index in [0.717, 1.165) is 5.57 Å². The molecule has 0 aromatic rings. The number of nitrogens with one attached hydrogen (secondary N) is 2. The summed E-state index contributed by atoms with van der Waals surface area (Å²) < 4.78 is 0. The zero-order valence-electron chi connectivity index (χ0n) is 6.18. The van der Waals surface area contributed by atoms with E-state index in [1.54, 1.807) is 12.4 Å². The van der Waals surface area contributed by atoms with Crippen LogP contribution in [-0.2, 0) is 0 Å². The zero-order valence-corrected chi connectivity index (χ0v) is 6.18. The first kappa shape index (κ1) is 6.99. The Bertz CT molecular complexity index is 203. The minimum atomic E-state index is 0.168. The van der Waals surface area contributed by atoms with Crippen molar-refractivity contribution in [2.75, 3.05) is 0 Å². The molecule has 1 rings (SSSR count). The summed E-state index contributed by atoms with van der Waals surface area (Å²) in [7, 11) is 0. The van der Waals surface area contributed by atoms with Gasteiger partial charge in [0, 0.05) is 18.0 Å². The van der Waals surface area contributed by atoms with Gasteiger partial charge in [0.25, 0.3) is 0 Å². The molecule has 0 saturated carbocycles. The van der Waals surface area contributed by atoms with Gasteiger partial charge in [-0.1, -0.05) is 0 Å². The molecule has 0 spiro atoms. The second-order valence-electron chi connectivity index (χ2n) is 2.42. The standard InChI is InChI=1S/C7H11N3/c1-5-3-9-4-6(2)10-7(5)8/h3-4,6H,1-2H3,(H2,8,10). The summed E-state index contributed by atoms with van der Waals surface area (Å²) in [5.41, 5.74) is 0.876. The number of hydrogen-bond donors (Lipinski definition) is 2. The van der Waals surface area contributed by atoms with Crippen molar-refractivity contribution in [3.63, 3.8) is 0 Å². The molecule has 1 unspecified atom stereocenters. The molecule has 0 fully saturated rings. The van der Waals surface area contributed by atoms with E-state index >= 15 is 0 Å². The summed E-state index contributed by atoms with van der Waals surface area (Å²) in [6.45, 7) is 3.83. The van der Waals surface area contributed by atoms with Crippen LogP contribution in [0.3, 0.4) is 0 Å². The fraction of sp³-hybridized carbons (Fsp3) is 0.429. The highest BCUT2D eigenvalue weighted by Gasteiger charge is 2.04. The molecule has 3 heteroatoms. The van der Waals surface area contributed by atoms with Crippen LogP contribution in [0.5, 0.6) is 0 Å². The Morgan fingerprint density at radius 2 is 2.40 bits per heavy atom. The summed E-state index contributed by atoms with van der Waals surface area (Å²) >= 11 is 0. The largest absolute Gasteiger partial charge is 0.363 e. The molecule has 0 aromatic carbocycles. The lowest BCUT2D eigenvalue weighted by atomic mass is 10.3. The second-order valence-corrected chi connectivity index (χ2v) is 2.42. The summed E-state index contributed by atoms with van der Waals surface area (Å²) in [5.74, 6) is 0.463.